The molecule has 2 atom stereocenters. The van der Waals surface area contributed by atoms with E-state index in [1.807, 2.05) is 0 Å². The summed E-state index contributed by atoms with van der Waals surface area (Å²) in [5, 5.41) is 22.7. The Kier molecular flexibility index (Phi) is 4.44. The first-order chi connectivity index (χ1) is 10.2. The second-order valence-electron chi connectivity index (χ2n) is 5.25. The summed E-state index contributed by atoms with van der Waals surface area (Å²) < 4.78 is 11.1. The zero-order valence-electron chi connectivity index (χ0n) is 11.6. The zero-order valence-corrected chi connectivity index (χ0v) is 12.4. The van der Waals surface area contributed by atoms with E-state index < -0.39 is 12.1 Å². The molecular weight excluding hydrogens is 294 g/mol. The van der Waals surface area contributed by atoms with E-state index in [-0.39, 0.29) is 12.8 Å². The fourth-order valence-corrected chi connectivity index (χ4v) is 4.16. The number of hydrogen-bond donors (Lipinski definition) is 3. The minimum Gasteiger partial charge on any atom is -0.478 e. The van der Waals surface area contributed by atoms with Crippen LogP contribution in [0.3, 0.4) is 0 Å². The van der Waals surface area contributed by atoms with Crippen molar-refractivity contribution in [3.8, 4) is 0 Å². The van der Waals surface area contributed by atoms with Gasteiger partial charge in [-0.2, -0.15) is 0 Å². The average molecular weight is 313 g/mol. The van der Waals surface area contributed by atoms with Crippen molar-refractivity contribution in [2.75, 3.05) is 25.1 Å². The van der Waals surface area contributed by atoms with Gasteiger partial charge in [0.2, 0.25) is 0 Å². The molecule has 3 heterocycles. The van der Waals surface area contributed by atoms with Crippen molar-refractivity contribution in [1.82, 2.24) is 0 Å². The highest BCUT2D eigenvalue weighted by Gasteiger charge is 2.31. The Balaban J connectivity index is 1.91. The predicted octanol–water partition coefficient (Wildman–Crippen LogP) is 1.99. The molecule has 2 aliphatic rings. The van der Waals surface area contributed by atoms with E-state index in [0.29, 0.717) is 30.2 Å². The molecule has 1 saturated heterocycles. The first-order valence-corrected chi connectivity index (χ1v) is 8.01. The fraction of sp³-hybridized carbons (Fsp3) is 0.643. The molecule has 2 unspecified atom stereocenters. The Labute approximate surface area is 126 Å². The molecule has 1 aromatic heterocycles. The maximum atomic E-state index is 11.6. The number of carboxylic acids is 1. The molecular formula is C14H19NO5S. The van der Waals surface area contributed by atoms with Crippen LogP contribution in [0, 0.1) is 0 Å². The Morgan fingerprint density at radius 2 is 2.19 bits per heavy atom. The van der Waals surface area contributed by atoms with Crippen molar-refractivity contribution in [1.29, 1.82) is 0 Å². The van der Waals surface area contributed by atoms with Gasteiger partial charge in [0.05, 0.1) is 18.8 Å². The molecule has 21 heavy (non-hydrogen) atoms. The zero-order chi connectivity index (χ0) is 14.8. The number of carboxylic acid groups (broad SMARTS) is 1. The van der Waals surface area contributed by atoms with Crippen molar-refractivity contribution in [2.45, 2.75) is 38.0 Å². The molecule has 7 heteroatoms. The molecule has 0 radical (unpaired) electrons. The van der Waals surface area contributed by atoms with Gasteiger partial charge in [-0.25, -0.2) is 4.79 Å². The molecule has 1 aromatic rings. The molecule has 3 N–H and O–H groups in total. The van der Waals surface area contributed by atoms with Gasteiger partial charge in [-0.3, -0.25) is 0 Å². The minimum absolute atomic E-state index is 0.133. The maximum absolute atomic E-state index is 11.6. The van der Waals surface area contributed by atoms with E-state index in [1.54, 1.807) is 0 Å². The first-order valence-electron chi connectivity index (χ1n) is 7.20. The van der Waals surface area contributed by atoms with Crippen LogP contribution < -0.4 is 5.32 Å². The quantitative estimate of drug-likeness (QED) is 0.788. The molecule has 1 fully saturated rings. The number of ether oxygens (including phenoxy) is 2. The van der Waals surface area contributed by atoms with Crippen LogP contribution in [0.15, 0.2) is 0 Å². The lowest BCUT2D eigenvalue weighted by molar-refractivity contribution is 0.00564. The van der Waals surface area contributed by atoms with Crippen LogP contribution in [0.4, 0.5) is 5.00 Å². The Morgan fingerprint density at radius 1 is 1.33 bits per heavy atom. The van der Waals surface area contributed by atoms with E-state index in [9.17, 15) is 15.0 Å². The Hall–Kier alpha value is -1.15. The molecule has 0 aliphatic carbocycles. The van der Waals surface area contributed by atoms with E-state index in [2.05, 4.69) is 5.32 Å². The van der Waals surface area contributed by atoms with Crippen LogP contribution in [0.2, 0.25) is 0 Å². The second kappa shape index (κ2) is 6.31. The van der Waals surface area contributed by atoms with Crippen molar-refractivity contribution >= 4 is 22.3 Å². The van der Waals surface area contributed by atoms with Gasteiger partial charge in [0.1, 0.15) is 17.3 Å². The van der Waals surface area contributed by atoms with E-state index in [4.69, 9.17) is 9.47 Å². The molecule has 116 valence electrons. The third-order valence-electron chi connectivity index (χ3n) is 3.85. The number of anilines is 1. The summed E-state index contributed by atoms with van der Waals surface area (Å²) in [7, 11) is 0. The summed E-state index contributed by atoms with van der Waals surface area (Å²) in [6.07, 6.45) is 3.02. The van der Waals surface area contributed by atoms with E-state index in [0.717, 1.165) is 29.7 Å². The van der Waals surface area contributed by atoms with Crippen LogP contribution in [0.5, 0.6) is 0 Å². The van der Waals surface area contributed by atoms with Crippen molar-refractivity contribution in [3.63, 3.8) is 0 Å². The highest BCUT2D eigenvalue weighted by molar-refractivity contribution is 7.16. The van der Waals surface area contributed by atoms with Crippen LogP contribution in [0.1, 0.15) is 46.2 Å². The summed E-state index contributed by atoms with van der Waals surface area (Å²) in [4.78, 5) is 12.4. The molecule has 0 amide bonds. The largest absolute Gasteiger partial charge is 0.478 e. The van der Waals surface area contributed by atoms with Gasteiger partial charge < -0.3 is 25.0 Å². The summed E-state index contributed by atoms with van der Waals surface area (Å²) in [6.45, 7) is 1.01. The van der Waals surface area contributed by atoms with Crippen molar-refractivity contribution in [2.24, 2.45) is 0 Å². The first kappa shape index (κ1) is 14.8. The number of aromatic carboxylic acids is 1. The van der Waals surface area contributed by atoms with Gasteiger partial charge >= 0.3 is 5.97 Å². The monoisotopic (exact) mass is 313 g/mol. The summed E-state index contributed by atoms with van der Waals surface area (Å²) >= 11 is 1.36. The van der Waals surface area contributed by atoms with Gasteiger partial charge in [0.15, 0.2) is 0 Å². The van der Waals surface area contributed by atoms with Crippen molar-refractivity contribution in [3.05, 3.63) is 16.0 Å². The molecule has 0 spiro atoms. The molecule has 3 rings (SSSR count). The molecule has 0 saturated carbocycles. The smallest absolute Gasteiger partial charge is 0.338 e. The number of rotatable bonds is 4. The third kappa shape index (κ3) is 2.91. The lowest BCUT2D eigenvalue weighted by Crippen LogP contribution is -2.27. The predicted molar refractivity (Wildman–Crippen MR) is 78.0 cm³/mol. The van der Waals surface area contributed by atoms with Gasteiger partial charge in [-0.15, -0.1) is 11.3 Å². The lowest BCUT2D eigenvalue weighted by Gasteiger charge is -2.24. The molecule has 2 aliphatic heterocycles. The normalized spacial score (nSPS) is 25.4. The van der Waals surface area contributed by atoms with E-state index >= 15 is 0 Å². The fourth-order valence-electron chi connectivity index (χ4n) is 2.83. The standard InChI is InChI=1S/C14H19NO5S/c16-7-9-12-8(4-6-19-9)11(14(17)18)13(21-12)15-10-3-1-2-5-20-10/h9-10,15-16H,1-7H2,(H,17,18). The molecule has 6 nitrogen and oxygen atoms in total. The van der Waals surface area contributed by atoms with Gasteiger partial charge in [-0.05, 0) is 31.2 Å². The van der Waals surface area contributed by atoms with Crippen LogP contribution >= 0.6 is 11.3 Å². The number of thiophene rings is 1. The SMILES string of the molecule is O=C(O)c1c(NC2CCCCO2)sc2c1CCOC2CO. The second-order valence-corrected chi connectivity index (χ2v) is 6.30. The van der Waals surface area contributed by atoms with Gasteiger partial charge in [0.25, 0.3) is 0 Å². The summed E-state index contributed by atoms with van der Waals surface area (Å²) in [5.74, 6) is -0.940. The van der Waals surface area contributed by atoms with Crippen LogP contribution in [-0.4, -0.2) is 42.2 Å². The molecule has 0 bridgehead atoms. The number of carbonyl (C=O) groups is 1. The van der Waals surface area contributed by atoms with Gasteiger partial charge in [-0.1, -0.05) is 0 Å². The average Bonchev–Trinajstić information content (AvgIpc) is 2.86. The van der Waals surface area contributed by atoms with Crippen LogP contribution in [-0.2, 0) is 15.9 Å². The summed E-state index contributed by atoms with van der Waals surface area (Å²) in [5.41, 5.74) is 1.10. The number of hydrogen-bond acceptors (Lipinski definition) is 6. The number of aliphatic hydroxyl groups excluding tert-OH is 1. The minimum atomic E-state index is -0.940. The van der Waals surface area contributed by atoms with Gasteiger partial charge in [0, 0.05) is 11.5 Å². The maximum Gasteiger partial charge on any atom is 0.338 e. The van der Waals surface area contributed by atoms with E-state index in [1.165, 1.54) is 11.3 Å². The number of fused-ring (bicyclic) bond motifs is 1. The van der Waals surface area contributed by atoms with Crippen molar-refractivity contribution < 1.29 is 24.5 Å². The topological polar surface area (TPSA) is 88.0 Å². The lowest BCUT2D eigenvalue weighted by atomic mass is 10.0. The Bertz CT molecular complexity index is 524. The molecule has 0 aromatic carbocycles. The highest BCUT2D eigenvalue weighted by atomic mass is 32.1. The number of nitrogens with one attached hydrogen (secondary N) is 1. The highest BCUT2D eigenvalue weighted by Crippen LogP contribution is 2.41. The Morgan fingerprint density at radius 3 is 2.86 bits per heavy atom. The van der Waals surface area contributed by atoms with Crippen LogP contribution in [0.25, 0.3) is 0 Å². The third-order valence-corrected chi connectivity index (χ3v) is 5.11. The summed E-state index contributed by atoms with van der Waals surface area (Å²) in [6, 6.07) is 0. The number of aliphatic hydroxyl groups is 1.